The molecule has 2 unspecified atom stereocenters. The van der Waals surface area contributed by atoms with E-state index < -0.39 is 23.4 Å². The highest BCUT2D eigenvalue weighted by Gasteiger charge is 2.31. The molecule has 1 aromatic carbocycles. The Bertz CT molecular complexity index is 1000. The lowest BCUT2D eigenvalue weighted by atomic mass is 10.00. The SMILES string of the molecule is Cc1nn(-c2cccc(C(F)(F)F)c2)c(C)c1C(=O)C(=O)NC(C)CN1CCCC(C)C1. The number of nitrogens with one attached hydrogen (secondary N) is 1. The van der Waals surface area contributed by atoms with Gasteiger partial charge in [-0.15, -0.1) is 0 Å². The van der Waals surface area contributed by atoms with E-state index in [0.717, 1.165) is 31.6 Å². The second-order valence-electron chi connectivity index (χ2n) is 8.72. The van der Waals surface area contributed by atoms with E-state index in [0.29, 0.717) is 18.2 Å². The summed E-state index contributed by atoms with van der Waals surface area (Å²) in [6.45, 7) is 9.79. The first kappa shape index (κ1) is 24.0. The van der Waals surface area contributed by atoms with Crippen molar-refractivity contribution in [2.45, 2.75) is 52.8 Å². The van der Waals surface area contributed by atoms with Crippen molar-refractivity contribution in [1.29, 1.82) is 0 Å². The van der Waals surface area contributed by atoms with Crippen molar-refractivity contribution < 1.29 is 22.8 Å². The van der Waals surface area contributed by atoms with Crippen molar-refractivity contribution in [3.63, 3.8) is 0 Å². The highest BCUT2D eigenvalue weighted by Crippen LogP contribution is 2.31. The Balaban J connectivity index is 1.75. The summed E-state index contributed by atoms with van der Waals surface area (Å²) in [5.41, 5.74) is 0.0808. The number of halogens is 3. The fourth-order valence-corrected chi connectivity index (χ4v) is 4.33. The third-order valence-electron chi connectivity index (χ3n) is 5.79. The Hall–Kier alpha value is -2.68. The van der Waals surface area contributed by atoms with Gasteiger partial charge in [0.25, 0.3) is 11.7 Å². The fourth-order valence-electron chi connectivity index (χ4n) is 4.33. The number of benzene rings is 1. The summed E-state index contributed by atoms with van der Waals surface area (Å²) in [4.78, 5) is 27.8. The van der Waals surface area contributed by atoms with Gasteiger partial charge < -0.3 is 10.2 Å². The molecule has 174 valence electrons. The van der Waals surface area contributed by atoms with Crippen LogP contribution >= 0.6 is 0 Å². The van der Waals surface area contributed by atoms with E-state index in [1.807, 2.05) is 6.92 Å². The second kappa shape index (κ2) is 9.44. The van der Waals surface area contributed by atoms with Crippen LogP contribution in [0.2, 0.25) is 0 Å². The summed E-state index contributed by atoms with van der Waals surface area (Å²) in [6.07, 6.45) is -2.18. The van der Waals surface area contributed by atoms with Crippen molar-refractivity contribution in [1.82, 2.24) is 20.0 Å². The van der Waals surface area contributed by atoms with Crippen molar-refractivity contribution in [2.75, 3.05) is 19.6 Å². The van der Waals surface area contributed by atoms with E-state index in [4.69, 9.17) is 0 Å². The largest absolute Gasteiger partial charge is 0.416 e. The van der Waals surface area contributed by atoms with Gasteiger partial charge in [-0.3, -0.25) is 9.59 Å². The van der Waals surface area contributed by atoms with Gasteiger partial charge in [0.05, 0.1) is 28.2 Å². The number of rotatable bonds is 6. The Morgan fingerprint density at radius 3 is 2.66 bits per heavy atom. The van der Waals surface area contributed by atoms with E-state index in [2.05, 4.69) is 22.2 Å². The molecule has 0 radical (unpaired) electrons. The lowest BCUT2D eigenvalue weighted by molar-refractivity contribution is -0.137. The minimum absolute atomic E-state index is 0.110. The number of Topliss-reactive ketones (excluding diaryl/α,β-unsaturated/α-hetero) is 1. The van der Waals surface area contributed by atoms with Crippen LogP contribution < -0.4 is 5.32 Å². The number of aromatic nitrogens is 2. The number of carbonyl (C=O) groups is 2. The fraction of sp³-hybridized carbons (Fsp3) is 0.522. The zero-order valence-electron chi connectivity index (χ0n) is 18.8. The van der Waals surface area contributed by atoms with Crippen LogP contribution in [0.3, 0.4) is 0 Å². The molecule has 9 heteroatoms. The molecule has 0 aliphatic carbocycles. The van der Waals surface area contributed by atoms with E-state index in [1.54, 1.807) is 13.8 Å². The normalized spacial score (nSPS) is 18.4. The lowest BCUT2D eigenvalue weighted by Gasteiger charge is -2.32. The molecule has 1 aliphatic rings. The van der Waals surface area contributed by atoms with E-state index in [-0.39, 0.29) is 23.0 Å². The topological polar surface area (TPSA) is 67.2 Å². The van der Waals surface area contributed by atoms with Gasteiger partial charge in [0.2, 0.25) is 0 Å². The number of piperidine rings is 1. The molecule has 32 heavy (non-hydrogen) atoms. The number of likely N-dealkylation sites (tertiary alicyclic amines) is 1. The minimum atomic E-state index is -4.49. The van der Waals surface area contributed by atoms with Crippen molar-refractivity contribution in [3.8, 4) is 5.69 Å². The highest BCUT2D eigenvalue weighted by molar-refractivity contribution is 6.43. The van der Waals surface area contributed by atoms with Gasteiger partial charge in [-0.05, 0) is 64.3 Å². The molecule has 0 bridgehead atoms. The molecule has 2 heterocycles. The monoisotopic (exact) mass is 450 g/mol. The molecule has 6 nitrogen and oxygen atoms in total. The zero-order chi connectivity index (χ0) is 23.6. The van der Waals surface area contributed by atoms with Crippen LogP contribution in [0.4, 0.5) is 13.2 Å². The lowest BCUT2D eigenvalue weighted by Crippen LogP contribution is -2.46. The maximum atomic E-state index is 13.1. The Morgan fingerprint density at radius 1 is 1.28 bits per heavy atom. The number of ketones is 1. The third-order valence-corrected chi connectivity index (χ3v) is 5.79. The molecular formula is C23H29F3N4O2. The molecule has 2 aromatic rings. The predicted octanol–water partition coefficient (Wildman–Crippen LogP) is 3.93. The van der Waals surface area contributed by atoms with Crippen molar-refractivity contribution in [3.05, 3.63) is 46.8 Å². The van der Waals surface area contributed by atoms with Gasteiger partial charge in [0, 0.05) is 19.1 Å². The molecule has 2 atom stereocenters. The van der Waals surface area contributed by atoms with Crippen molar-refractivity contribution >= 4 is 11.7 Å². The maximum Gasteiger partial charge on any atom is 0.416 e. The third kappa shape index (κ3) is 5.38. The van der Waals surface area contributed by atoms with Gasteiger partial charge in [0.1, 0.15) is 0 Å². The first-order valence-electron chi connectivity index (χ1n) is 10.8. The average Bonchev–Trinajstić information content (AvgIpc) is 3.00. The Labute approximate surface area is 185 Å². The molecule has 1 N–H and O–H groups in total. The van der Waals surface area contributed by atoms with Gasteiger partial charge in [0.15, 0.2) is 0 Å². The summed E-state index contributed by atoms with van der Waals surface area (Å²) >= 11 is 0. The van der Waals surface area contributed by atoms with Crippen LogP contribution in [0, 0.1) is 19.8 Å². The number of hydrogen-bond acceptors (Lipinski definition) is 4. The van der Waals surface area contributed by atoms with E-state index >= 15 is 0 Å². The predicted molar refractivity (Wildman–Crippen MR) is 115 cm³/mol. The van der Waals surface area contributed by atoms with Crippen LogP contribution in [-0.2, 0) is 11.0 Å². The quantitative estimate of drug-likeness (QED) is 0.535. The number of carbonyl (C=O) groups excluding carboxylic acids is 2. The van der Waals surface area contributed by atoms with Crippen LogP contribution in [0.25, 0.3) is 5.69 Å². The summed E-state index contributed by atoms with van der Waals surface area (Å²) < 4.78 is 40.5. The number of aryl methyl sites for hydroxylation is 1. The molecule has 3 rings (SSSR count). The molecule has 1 saturated heterocycles. The van der Waals surface area contributed by atoms with Crippen LogP contribution in [0.1, 0.15) is 54.0 Å². The van der Waals surface area contributed by atoms with E-state index in [1.165, 1.54) is 23.2 Å². The smallest absolute Gasteiger partial charge is 0.345 e. The second-order valence-corrected chi connectivity index (χ2v) is 8.72. The van der Waals surface area contributed by atoms with E-state index in [9.17, 15) is 22.8 Å². The van der Waals surface area contributed by atoms with Crippen molar-refractivity contribution in [2.24, 2.45) is 5.92 Å². The minimum Gasteiger partial charge on any atom is -0.345 e. The molecule has 1 fully saturated rings. The van der Waals surface area contributed by atoms with Crippen LogP contribution in [-0.4, -0.2) is 52.0 Å². The van der Waals surface area contributed by atoms with Gasteiger partial charge in [-0.25, -0.2) is 4.68 Å². The van der Waals surface area contributed by atoms with Crippen LogP contribution in [0.5, 0.6) is 0 Å². The first-order chi connectivity index (χ1) is 15.0. The number of amides is 1. The molecule has 0 saturated carbocycles. The summed E-state index contributed by atoms with van der Waals surface area (Å²) in [5, 5.41) is 6.99. The average molecular weight is 451 g/mol. The Morgan fingerprint density at radius 2 is 2.00 bits per heavy atom. The summed E-state index contributed by atoms with van der Waals surface area (Å²) in [6, 6.07) is 4.49. The maximum absolute atomic E-state index is 13.1. The first-order valence-corrected chi connectivity index (χ1v) is 10.8. The summed E-state index contributed by atoms with van der Waals surface area (Å²) in [5.74, 6) is -0.866. The highest BCUT2D eigenvalue weighted by atomic mass is 19.4. The number of nitrogens with zero attached hydrogens (tertiary/aromatic N) is 3. The van der Waals surface area contributed by atoms with Gasteiger partial charge in [-0.1, -0.05) is 13.0 Å². The van der Waals surface area contributed by atoms with Gasteiger partial charge in [-0.2, -0.15) is 18.3 Å². The molecule has 0 spiro atoms. The van der Waals surface area contributed by atoms with Crippen LogP contribution in [0.15, 0.2) is 24.3 Å². The van der Waals surface area contributed by atoms with Gasteiger partial charge >= 0.3 is 6.18 Å². The number of alkyl halides is 3. The number of hydrogen-bond donors (Lipinski definition) is 1. The Kier molecular flexibility index (Phi) is 7.07. The standard InChI is InChI=1S/C23H29F3N4O2/c1-14-7-6-10-29(12-14)13-15(2)27-22(32)21(31)20-16(3)28-30(17(20)4)19-9-5-8-18(11-19)23(24,25)26/h5,8-9,11,14-15H,6-7,10,12-13H2,1-4H3,(H,27,32). The molecule has 1 aromatic heterocycles. The molecular weight excluding hydrogens is 421 g/mol. The molecule has 1 aliphatic heterocycles. The summed E-state index contributed by atoms with van der Waals surface area (Å²) in [7, 11) is 0. The molecule has 1 amide bonds. The zero-order valence-corrected chi connectivity index (χ0v) is 18.8.